The monoisotopic (exact) mass is 381 g/mol. The largest absolute Gasteiger partial charge is 0.341 e. The van der Waals surface area contributed by atoms with Crippen LogP contribution in [0.5, 0.6) is 0 Å². The van der Waals surface area contributed by atoms with E-state index in [1.54, 1.807) is 0 Å². The van der Waals surface area contributed by atoms with Crippen molar-refractivity contribution in [3.8, 4) is 17.1 Å². The number of urea groups is 1. The van der Waals surface area contributed by atoms with Gasteiger partial charge in [0, 0.05) is 18.3 Å². The molecule has 1 aromatic heterocycles. The number of amides is 3. The fourth-order valence-corrected chi connectivity index (χ4v) is 3.25. The van der Waals surface area contributed by atoms with E-state index in [9.17, 15) is 9.59 Å². The highest BCUT2D eigenvalue weighted by atomic mass is 32.2. The van der Waals surface area contributed by atoms with Gasteiger partial charge < -0.3 is 5.32 Å². The molecule has 3 rings (SSSR count). The van der Waals surface area contributed by atoms with E-state index in [-0.39, 0.29) is 5.75 Å². The van der Waals surface area contributed by atoms with Crippen LogP contribution < -0.4 is 10.6 Å². The number of nitrogens with zero attached hydrogens (tertiary/aromatic N) is 3. The predicted molar refractivity (Wildman–Crippen MR) is 105 cm³/mol. The van der Waals surface area contributed by atoms with Gasteiger partial charge in [-0.05, 0) is 25.1 Å². The van der Waals surface area contributed by atoms with E-state index in [1.807, 2.05) is 66.1 Å². The van der Waals surface area contributed by atoms with Gasteiger partial charge in [0.1, 0.15) is 0 Å². The van der Waals surface area contributed by atoms with Crippen LogP contribution in [0.4, 0.5) is 4.79 Å². The Kier molecular flexibility index (Phi) is 5.87. The van der Waals surface area contributed by atoms with E-state index in [2.05, 4.69) is 20.8 Å². The van der Waals surface area contributed by atoms with Gasteiger partial charge in [0.25, 0.3) is 0 Å². The van der Waals surface area contributed by atoms with E-state index in [4.69, 9.17) is 0 Å². The molecule has 3 amide bonds. The number of imide groups is 1. The average molecular weight is 381 g/mol. The molecule has 0 spiro atoms. The number of thioether (sulfide) groups is 1. The summed E-state index contributed by atoms with van der Waals surface area (Å²) < 4.78 is 1.91. The van der Waals surface area contributed by atoms with Crippen molar-refractivity contribution < 1.29 is 9.59 Å². The summed E-state index contributed by atoms with van der Waals surface area (Å²) in [5.74, 6) is 0.338. The Morgan fingerprint density at radius 1 is 1.07 bits per heavy atom. The van der Waals surface area contributed by atoms with Gasteiger partial charge in [-0.3, -0.25) is 14.7 Å². The lowest BCUT2D eigenvalue weighted by Gasteiger charge is -2.10. The Labute approximate surface area is 161 Å². The molecule has 8 heteroatoms. The van der Waals surface area contributed by atoms with Crippen LogP contribution in [0, 0.1) is 6.92 Å². The highest BCUT2D eigenvalue weighted by Gasteiger charge is 2.17. The van der Waals surface area contributed by atoms with E-state index < -0.39 is 11.9 Å². The quantitative estimate of drug-likeness (QED) is 0.664. The van der Waals surface area contributed by atoms with Gasteiger partial charge >= 0.3 is 6.03 Å². The van der Waals surface area contributed by atoms with Gasteiger partial charge in [0.05, 0.1) is 5.75 Å². The molecule has 0 atom stereocenters. The van der Waals surface area contributed by atoms with Gasteiger partial charge in [-0.1, -0.05) is 53.7 Å². The summed E-state index contributed by atoms with van der Waals surface area (Å²) in [6.45, 7) is 2.02. The molecule has 3 aromatic rings. The number of carbonyl (C=O) groups is 2. The third-order valence-electron chi connectivity index (χ3n) is 3.74. The van der Waals surface area contributed by atoms with Crippen molar-refractivity contribution in [3.63, 3.8) is 0 Å². The van der Waals surface area contributed by atoms with Crippen LogP contribution in [-0.2, 0) is 4.79 Å². The Balaban J connectivity index is 1.93. The van der Waals surface area contributed by atoms with E-state index in [0.29, 0.717) is 11.0 Å². The van der Waals surface area contributed by atoms with Crippen LogP contribution in [-0.4, -0.2) is 39.5 Å². The summed E-state index contributed by atoms with van der Waals surface area (Å²) >= 11 is 1.22. The van der Waals surface area contributed by atoms with Crippen molar-refractivity contribution in [2.24, 2.45) is 0 Å². The molecule has 7 nitrogen and oxygen atoms in total. The Hall–Kier alpha value is -3.13. The number of carbonyl (C=O) groups excluding carboxylic acids is 2. The summed E-state index contributed by atoms with van der Waals surface area (Å²) in [5, 5.41) is 13.8. The molecule has 0 saturated heterocycles. The third kappa shape index (κ3) is 4.53. The third-order valence-corrected chi connectivity index (χ3v) is 4.67. The van der Waals surface area contributed by atoms with Gasteiger partial charge in [-0.2, -0.15) is 0 Å². The minimum atomic E-state index is -0.537. The molecule has 0 bridgehead atoms. The molecule has 0 aliphatic heterocycles. The number of aromatic nitrogens is 3. The second-order valence-electron chi connectivity index (χ2n) is 5.76. The summed E-state index contributed by atoms with van der Waals surface area (Å²) in [5.41, 5.74) is 2.95. The Morgan fingerprint density at radius 2 is 1.85 bits per heavy atom. The zero-order valence-electron chi connectivity index (χ0n) is 15.0. The van der Waals surface area contributed by atoms with Crippen LogP contribution in [0.15, 0.2) is 59.8 Å². The summed E-state index contributed by atoms with van der Waals surface area (Å²) in [6, 6.07) is 17.2. The van der Waals surface area contributed by atoms with Crippen LogP contribution >= 0.6 is 11.8 Å². The molecule has 0 fully saturated rings. The minimum absolute atomic E-state index is 0.0478. The molecule has 0 unspecified atom stereocenters. The number of rotatable bonds is 5. The van der Waals surface area contributed by atoms with E-state index >= 15 is 0 Å². The van der Waals surface area contributed by atoms with Gasteiger partial charge in [-0.25, -0.2) is 4.79 Å². The molecule has 1 heterocycles. The molecule has 2 N–H and O–H groups in total. The number of benzene rings is 2. The fraction of sp³-hybridized carbons (Fsp3) is 0.158. The maximum atomic E-state index is 11.9. The Bertz CT molecular complexity index is 956. The normalized spacial score (nSPS) is 10.4. The van der Waals surface area contributed by atoms with Crippen LogP contribution in [0.2, 0.25) is 0 Å². The molecule has 0 aliphatic carbocycles. The first-order valence-electron chi connectivity index (χ1n) is 8.30. The van der Waals surface area contributed by atoms with Crippen LogP contribution in [0.3, 0.4) is 0 Å². The summed E-state index contributed by atoms with van der Waals surface area (Å²) in [7, 11) is 1.45. The first-order valence-corrected chi connectivity index (χ1v) is 9.29. The lowest BCUT2D eigenvalue weighted by Crippen LogP contribution is -2.38. The molecule has 0 aliphatic rings. The maximum Gasteiger partial charge on any atom is 0.321 e. The standard InChI is InChI=1S/C19H19N5O2S/c1-13-7-6-8-14(11-13)17-22-23-19(24(17)15-9-4-3-5-10-15)27-12-16(25)21-18(26)20-2/h3-11H,12H2,1-2H3,(H2,20,21,25,26). The molecular weight excluding hydrogens is 362 g/mol. The van der Waals surface area contributed by atoms with Crippen molar-refractivity contribution in [1.82, 2.24) is 25.4 Å². The summed E-state index contributed by atoms with van der Waals surface area (Å²) in [4.78, 5) is 23.2. The highest BCUT2D eigenvalue weighted by molar-refractivity contribution is 7.99. The number of nitrogens with one attached hydrogen (secondary N) is 2. The van der Waals surface area contributed by atoms with Crippen LogP contribution in [0.1, 0.15) is 5.56 Å². The second kappa shape index (κ2) is 8.50. The number of hydrogen-bond donors (Lipinski definition) is 2. The smallest absolute Gasteiger partial charge is 0.321 e. The zero-order chi connectivity index (χ0) is 19.2. The van der Waals surface area contributed by atoms with Crippen LogP contribution in [0.25, 0.3) is 17.1 Å². The van der Waals surface area contributed by atoms with Crippen molar-refractivity contribution in [2.45, 2.75) is 12.1 Å². The van der Waals surface area contributed by atoms with Gasteiger partial charge in [0.15, 0.2) is 11.0 Å². The molecular formula is C19H19N5O2S. The molecule has 2 aromatic carbocycles. The molecule has 27 heavy (non-hydrogen) atoms. The molecule has 138 valence electrons. The van der Waals surface area contributed by atoms with Gasteiger partial charge in [0.2, 0.25) is 5.91 Å². The minimum Gasteiger partial charge on any atom is -0.341 e. The van der Waals surface area contributed by atoms with E-state index in [0.717, 1.165) is 16.8 Å². The summed E-state index contributed by atoms with van der Waals surface area (Å²) in [6.07, 6.45) is 0. The first kappa shape index (κ1) is 18.7. The van der Waals surface area contributed by atoms with E-state index in [1.165, 1.54) is 18.8 Å². The zero-order valence-corrected chi connectivity index (χ0v) is 15.8. The highest BCUT2D eigenvalue weighted by Crippen LogP contribution is 2.28. The van der Waals surface area contributed by atoms with Crippen molar-refractivity contribution in [1.29, 1.82) is 0 Å². The predicted octanol–water partition coefficient (Wildman–Crippen LogP) is 2.79. The molecule has 0 radical (unpaired) electrons. The Morgan fingerprint density at radius 3 is 2.56 bits per heavy atom. The second-order valence-corrected chi connectivity index (χ2v) is 6.71. The van der Waals surface area contributed by atoms with Crippen molar-refractivity contribution >= 4 is 23.7 Å². The fourth-order valence-electron chi connectivity index (χ4n) is 2.50. The average Bonchev–Trinajstić information content (AvgIpc) is 3.11. The topological polar surface area (TPSA) is 88.9 Å². The number of para-hydroxylation sites is 1. The molecule has 0 saturated carbocycles. The maximum absolute atomic E-state index is 11.9. The lowest BCUT2D eigenvalue weighted by atomic mass is 10.1. The number of aryl methyl sites for hydroxylation is 1. The first-order chi connectivity index (χ1) is 13.1. The SMILES string of the molecule is CNC(=O)NC(=O)CSc1nnc(-c2cccc(C)c2)n1-c1ccccc1. The van der Waals surface area contributed by atoms with Crippen molar-refractivity contribution in [3.05, 3.63) is 60.2 Å². The number of hydrogen-bond acceptors (Lipinski definition) is 5. The lowest BCUT2D eigenvalue weighted by molar-refractivity contribution is -0.117. The van der Waals surface area contributed by atoms with Crippen molar-refractivity contribution in [2.75, 3.05) is 12.8 Å². The van der Waals surface area contributed by atoms with Gasteiger partial charge in [-0.15, -0.1) is 10.2 Å².